The van der Waals surface area contributed by atoms with Crippen molar-refractivity contribution in [2.75, 3.05) is 5.32 Å². The molecule has 0 aliphatic rings. The smallest absolute Gasteiger partial charge is 0.355 e. The zero-order valence-electron chi connectivity index (χ0n) is 8.47. The predicted octanol–water partition coefficient (Wildman–Crippen LogP) is 2.29. The van der Waals surface area contributed by atoms with E-state index in [0.717, 1.165) is 5.56 Å². The number of rotatable bonds is 3. The summed E-state index contributed by atoms with van der Waals surface area (Å²) in [7, 11) is 0. The van der Waals surface area contributed by atoms with Crippen LogP contribution in [0.25, 0.3) is 0 Å². The van der Waals surface area contributed by atoms with Gasteiger partial charge in [0.25, 0.3) is 0 Å². The van der Waals surface area contributed by atoms with E-state index < -0.39 is 5.97 Å². The highest BCUT2D eigenvalue weighted by Gasteiger charge is 2.08. The molecule has 16 heavy (non-hydrogen) atoms. The van der Waals surface area contributed by atoms with Gasteiger partial charge in [-0.3, -0.25) is 0 Å². The predicted molar refractivity (Wildman–Crippen MR) is 61.3 cm³/mol. The highest BCUT2D eigenvalue weighted by molar-refractivity contribution is 7.14. The molecule has 5 nitrogen and oxygen atoms in total. The standard InChI is InChI=1S/C10H9N3O2S/c1-6-2-3-11-8(4-6)13-10-12-7(5-16-10)9(14)15/h2-5H,1H3,(H,14,15)(H,11,12,13). The monoisotopic (exact) mass is 235 g/mol. The maximum Gasteiger partial charge on any atom is 0.355 e. The summed E-state index contributed by atoms with van der Waals surface area (Å²) in [5, 5.41) is 13.7. The van der Waals surface area contributed by atoms with Crippen molar-refractivity contribution >= 4 is 28.3 Å². The zero-order valence-corrected chi connectivity index (χ0v) is 9.28. The van der Waals surface area contributed by atoms with Crippen LogP contribution in [-0.4, -0.2) is 21.0 Å². The fourth-order valence-corrected chi connectivity index (χ4v) is 1.83. The molecule has 82 valence electrons. The van der Waals surface area contributed by atoms with Crippen LogP contribution in [-0.2, 0) is 0 Å². The van der Waals surface area contributed by atoms with Crippen LogP contribution in [0.4, 0.5) is 10.9 Å². The van der Waals surface area contributed by atoms with Gasteiger partial charge in [0.2, 0.25) is 0 Å². The van der Waals surface area contributed by atoms with Gasteiger partial charge in [0.05, 0.1) is 0 Å². The number of carboxylic acids is 1. The largest absolute Gasteiger partial charge is 0.476 e. The van der Waals surface area contributed by atoms with E-state index >= 15 is 0 Å². The molecule has 0 unspecified atom stereocenters. The fourth-order valence-electron chi connectivity index (χ4n) is 1.14. The highest BCUT2D eigenvalue weighted by atomic mass is 32.1. The molecule has 0 bridgehead atoms. The number of aryl methyl sites for hydroxylation is 1. The average Bonchev–Trinajstić information content (AvgIpc) is 2.66. The SMILES string of the molecule is Cc1ccnc(Nc2nc(C(=O)O)cs2)c1. The second-order valence-corrected chi connectivity index (χ2v) is 4.04. The molecule has 2 heterocycles. The lowest BCUT2D eigenvalue weighted by Gasteiger charge is -2.01. The van der Waals surface area contributed by atoms with Crippen molar-refractivity contribution in [2.45, 2.75) is 6.92 Å². The lowest BCUT2D eigenvalue weighted by molar-refractivity contribution is 0.0691. The Morgan fingerprint density at radius 2 is 2.38 bits per heavy atom. The van der Waals surface area contributed by atoms with Crippen molar-refractivity contribution in [1.82, 2.24) is 9.97 Å². The quantitative estimate of drug-likeness (QED) is 0.853. The van der Waals surface area contributed by atoms with E-state index in [4.69, 9.17) is 5.11 Å². The number of nitrogens with one attached hydrogen (secondary N) is 1. The number of hydrogen-bond donors (Lipinski definition) is 2. The van der Waals surface area contributed by atoms with Crippen molar-refractivity contribution in [3.63, 3.8) is 0 Å². The second kappa shape index (κ2) is 4.28. The zero-order chi connectivity index (χ0) is 11.5. The van der Waals surface area contributed by atoms with Gasteiger partial charge < -0.3 is 10.4 Å². The van der Waals surface area contributed by atoms with E-state index in [0.29, 0.717) is 10.9 Å². The lowest BCUT2D eigenvalue weighted by atomic mass is 10.3. The Bertz CT molecular complexity index is 524. The lowest BCUT2D eigenvalue weighted by Crippen LogP contribution is -1.98. The van der Waals surface area contributed by atoms with Crippen LogP contribution in [0.1, 0.15) is 16.1 Å². The van der Waals surface area contributed by atoms with E-state index in [1.54, 1.807) is 6.20 Å². The summed E-state index contributed by atoms with van der Waals surface area (Å²) in [6.07, 6.45) is 1.68. The summed E-state index contributed by atoms with van der Waals surface area (Å²) in [6, 6.07) is 3.75. The van der Waals surface area contributed by atoms with Crippen LogP contribution in [0.3, 0.4) is 0 Å². The van der Waals surface area contributed by atoms with Crippen molar-refractivity contribution < 1.29 is 9.90 Å². The van der Waals surface area contributed by atoms with Crippen LogP contribution in [0, 0.1) is 6.92 Å². The first kappa shape index (κ1) is 10.6. The number of nitrogens with zero attached hydrogens (tertiary/aromatic N) is 2. The van der Waals surface area contributed by atoms with Gasteiger partial charge in [0, 0.05) is 11.6 Å². The first-order chi connectivity index (χ1) is 7.65. The van der Waals surface area contributed by atoms with E-state index in [-0.39, 0.29) is 5.69 Å². The molecule has 2 N–H and O–H groups in total. The summed E-state index contributed by atoms with van der Waals surface area (Å²) >= 11 is 1.24. The highest BCUT2D eigenvalue weighted by Crippen LogP contribution is 2.19. The molecule has 2 rings (SSSR count). The molecule has 0 radical (unpaired) electrons. The molecule has 0 saturated carbocycles. The number of carboxylic acid groups (broad SMARTS) is 1. The van der Waals surface area contributed by atoms with Crippen LogP contribution in [0.15, 0.2) is 23.7 Å². The Kier molecular flexibility index (Phi) is 2.82. The molecular formula is C10H9N3O2S. The van der Waals surface area contributed by atoms with Gasteiger partial charge in [-0.25, -0.2) is 14.8 Å². The van der Waals surface area contributed by atoms with Gasteiger partial charge in [-0.15, -0.1) is 11.3 Å². The van der Waals surface area contributed by atoms with Crippen molar-refractivity contribution in [1.29, 1.82) is 0 Å². The average molecular weight is 235 g/mol. The van der Waals surface area contributed by atoms with Crippen molar-refractivity contribution in [3.8, 4) is 0 Å². The number of anilines is 2. The van der Waals surface area contributed by atoms with Crippen LogP contribution < -0.4 is 5.32 Å². The minimum atomic E-state index is -1.03. The summed E-state index contributed by atoms with van der Waals surface area (Å²) in [6.45, 7) is 1.96. The minimum absolute atomic E-state index is 0.0418. The van der Waals surface area contributed by atoms with E-state index in [9.17, 15) is 4.79 Å². The van der Waals surface area contributed by atoms with Gasteiger partial charge in [-0.05, 0) is 24.6 Å². The van der Waals surface area contributed by atoms with Gasteiger partial charge in [0.1, 0.15) is 5.82 Å². The molecule has 0 aliphatic carbocycles. The number of aromatic nitrogens is 2. The number of hydrogen-bond acceptors (Lipinski definition) is 5. The van der Waals surface area contributed by atoms with Crippen LogP contribution in [0.2, 0.25) is 0 Å². The molecule has 0 aliphatic heterocycles. The number of pyridine rings is 1. The van der Waals surface area contributed by atoms with Gasteiger partial charge >= 0.3 is 5.97 Å². The first-order valence-electron chi connectivity index (χ1n) is 4.53. The minimum Gasteiger partial charge on any atom is -0.476 e. The summed E-state index contributed by atoms with van der Waals surface area (Å²) in [5.74, 6) is -0.368. The Morgan fingerprint density at radius 3 is 3.00 bits per heavy atom. The topological polar surface area (TPSA) is 75.1 Å². The van der Waals surface area contributed by atoms with Gasteiger partial charge in [-0.2, -0.15) is 0 Å². The molecule has 0 atom stereocenters. The summed E-state index contributed by atoms with van der Waals surface area (Å²) < 4.78 is 0. The Hall–Kier alpha value is -1.95. The number of carbonyl (C=O) groups is 1. The molecule has 2 aromatic rings. The molecule has 0 saturated heterocycles. The number of aromatic carboxylic acids is 1. The normalized spacial score (nSPS) is 10.1. The first-order valence-corrected chi connectivity index (χ1v) is 5.41. The van der Waals surface area contributed by atoms with Crippen molar-refractivity contribution in [3.05, 3.63) is 35.0 Å². The molecular weight excluding hydrogens is 226 g/mol. The molecule has 0 fully saturated rings. The Morgan fingerprint density at radius 1 is 1.56 bits per heavy atom. The Balaban J connectivity index is 2.17. The summed E-state index contributed by atoms with van der Waals surface area (Å²) in [4.78, 5) is 18.6. The second-order valence-electron chi connectivity index (χ2n) is 3.19. The van der Waals surface area contributed by atoms with Crippen LogP contribution >= 0.6 is 11.3 Å². The third-order valence-electron chi connectivity index (χ3n) is 1.87. The van der Waals surface area contributed by atoms with E-state index in [1.807, 2.05) is 19.1 Å². The molecule has 0 amide bonds. The number of thiazole rings is 1. The molecule has 0 aromatic carbocycles. The van der Waals surface area contributed by atoms with Gasteiger partial charge in [0.15, 0.2) is 10.8 Å². The van der Waals surface area contributed by atoms with E-state index in [2.05, 4.69) is 15.3 Å². The summed E-state index contributed by atoms with van der Waals surface area (Å²) in [5.41, 5.74) is 1.12. The van der Waals surface area contributed by atoms with Crippen molar-refractivity contribution in [2.24, 2.45) is 0 Å². The molecule has 2 aromatic heterocycles. The van der Waals surface area contributed by atoms with Gasteiger partial charge in [-0.1, -0.05) is 0 Å². The molecule has 6 heteroatoms. The Labute approximate surface area is 95.8 Å². The fraction of sp³-hybridized carbons (Fsp3) is 0.100. The van der Waals surface area contributed by atoms with Crippen LogP contribution in [0.5, 0.6) is 0 Å². The maximum atomic E-state index is 10.6. The van der Waals surface area contributed by atoms with E-state index in [1.165, 1.54) is 16.7 Å². The molecule has 0 spiro atoms. The third kappa shape index (κ3) is 2.34. The maximum absolute atomic E-state index is 10.6. The third-order valence-corrected chi connectivity index (χ3v) is 2.63.